The lowest BCUT2D eigenvalue weighted by Gasteiger charge is -2.24. The lowest BCUT2D eigenvalue weighted by atomic mass is 10.1. The van der Waals surface area contributed by atoms with Crippen molar-refractivity contribution in [2.45, 2.75) is 11.0 Å². The molecular weight excluding hydrogens is 388 g/mol. The molecule has 25 heavy (non-hydrogen) atoms. The number of hydrogen-bond donors (Lipinski definition) is 4. The van der Waals surface area contributed by atoms with Gasteiger partial charge in [0.25, 0.3) is 5.91 Å². The van der Waals surface area contributed by atoms with E-state index in [1.54, 1.807) is 11.8 Å². The third-order valence-electron chi connectivity index (χ3n) is 4.34. The highest BCUT2D eigenvalue weighted by Gasteiger charge is 2.28. The standard InChI is InChI=1S/C14H22N4O4S2.ClH/c19-13-9-15-6-10(13)7-17-14(20)12-5-11(8-16-12)24(21,22)18-1-3-23-4-2-18;/h5,8,10,13,15-16,19H,1-4,6-7,9H2,(H,17,20);1H. The van der Waals surface area contributed by atoms with Crippen LogP contribution in [0.5, 0.6) is 0 Å². The molecule has 2 fully saturated rings. The highest BCUT2D eigenvalue weighted by Crippen LogP contribution is 2.20. The topological polar surface area (TPSA) is 115 Å². The molecular formula is C14H23ClN4O4S2. The maximum absolute atomic E-state index is 12.6. The van der Waals surface area contributed by atoms with Crippen molar-refractivity contribution in [1.82, 2.24) is 19.9 Å². The van der Waals surface area contributed by atoms with Crippen LogP contribution >= 0.6 is 24.2 Å². The molecule has 1 aromatic rings. The van der Waals surface area contributed by atoms with Crippen molar-refractivity contribution >= 4 is 40.1 Å². The van der Waals surface area contributed by atoms with Crippen molar-refractivity contribution in [3.05, 3.63) is 18.0 Å². The van der Waals surface area contributed by atoms with Gasteiger partial charge in [0, 0.05) is 56.3 Å². The number of hydrogen-bond acceptors (Lipinski definition) is 6. The quantitative estimate of drug-likeness (QED) is 0.519. The highest BCUT2D eigenvalue weighted by atomic mass is 35.5. The minimum Gasteiger partial charge on any atom is -0.391 e. The number of carbonyl (C=O) groups excluding carboxylic acids is 1. The molecule has 3 heterocycles. The number of thioether (sulfide) groups is 1. The molecule has 2 aliphatic heterocycles. The van der Waals surface area contributed by atoms with E-state index in [2.05, 4.69) is 15.6 Å². The van der Waals surface area contributed by atoms with Gasteiger partial charge in [0.2, 0.25) is 10.0 Å². The summed E-state index contributed by atoms with van der Waals surface area (Å²) in [5.41, 5.74) is 0.209. The van der Waals surface area contributed by atoms with Crippen LogP contribution in [0, 0.1) is 5.92 Å². The molecule has 142 valence electrons. The second-order valence-corrected chi connectivity index (χ2v) is 9.12. The predicted molar refractivity (Wildman–Crippen MR) is 98.8 cm³/mol. The summed E-state index contributed by atoms with van der Waals surface area (Å²) in [4.78, 5) is 15.0. The fourth-order valence-corrected chi connectivity index (χ4v) is 5.41. The Morgan fingerprint density at radius 1 is 1.36 bits per heavy atom. The fraction of sp³-hybridized carbons (Fsp3) is 0.643. The Bertz CT molecular complexity index is 691. The van der Waals surface area contributed by atoms with E-state index in [0.717, 1.165) is 11.5 Å². The molecule has 4 N–H and O–H groups in total. The zero-order valence-electron chi connectivity index (χ0n) is 13.6. The first kappa shape index (κ1) is 20.5. The van der Waals surface area contributed by atoms with Gasteiger partial charge in [-0.05, 0) is 6.07 Å². The number of rotatable bonds is 5. The zero-order chi connectivity index (χ0) is 17.2. The molecule has 2 saturated heterocycles. The average molecular weight is 411 g/mol. The second kappa shape index (κ2) is 8.74. The summed E-state index contributed by atoms with van der Waals surface area (Å²) in [5, 5.41) is 15.5. The smallest absolute Gasteiger partial charge is 0.267 e. The van der Waals surface area contributed by atoms with Crippen molar-refractivity contribution in [2.24, 2.45) is 5.92 Å². The van der Waals surface area contributed by atoms with E-state index < -0.39 is 16.1 Å². The number of sulfonamides is 1. The molecule has 1 aromatic heterocycles. The van der Waals surface area contributed by atoms with Crippen LogP contribution in [-0.4, -0.2) is 79.1 Å². The molecule has 3 rings (SSSR count). The van der Waals surface area contributed by atoms with Crippen molar-refractivity contribution in [1.29, 1.82) is 0 Å². The first-order valence-electron chi connectivity index (χ1n) is 7.92. The van der Waals surface area contributed by atoms with E-state index in [9.17, 15) is 18.3 Å². The summed E-state index contributed by atoms with van der Waals surface area (Å²) in [5.74, 6) is 1.17. The van der Waals surface area contributed by atoms with Crippen LogP contribution in [-0.2, 0) is 10.0 Å². The van der Waals surface area contributed by atoms with Crippen molar-refractivity contribution < 1.29 is 18.3 Å². The number of aliphatic hydroxyl groups excluding tert-OH is 1. The van der Waals surface area contributed by atoms with Crippen LogP contribution in [0.2, 0.25) is 0 Å². The van der Waals surface area contributed by atoms with E-state index in [1.807, 2.05) is 0 Å². The highest BCUT2D eigenvalue weighted by molar-refractivity contribution is 7.99. The Morgan fingerprint density at radius 2 is 2.08 bits per heavy atom. The summed E-state index contributed by atoms with van der Waals surface area (Å²) >= 11 is 1.74. The molecule has 0 saturated carbocycles. The van der Waals surface area contributed by atoms with Crippen LogP contribution in [0.4, 0.5) is 0 Å². The number of halogens is 1. The lowest BCUT2D eigenvalue weighted by Crippen LogP contribution is -2.37. The molecule has 2 aliphatic rings. The Hall–Kier alpha value is -0.780. The molecule has 0 radical (unpaired) electrons. The van der Waals surface area contributed by atoms with E-state index in [-0.39, 0.29) is 34.8 Å². The summed E-state index contributed by atoms with van der Waals surface area (Å²) in [7, 11) is -3.56. The first-order valence-corrected chi connectivity index (χ1v) is 10.5. The van der Waals surface area contributed by atoms with Gasteiger partial charge >= 0.3 is 0 Å². The molecule has 0 spiro atoms. The summed E-state index contributed by atoms with van der Waals surface area (Å²) < 4.78 is 26.6. The summed E-state index contributed by atoms with van der Waals surface area (Å²) in [6.07, 6.45) is 0.889. The van der Waals surface area contributed by atoms with Crippen molar-refractivity contribution in [2.75, 3.05) is 44.2 Å². The monoisotopic (exact) mass is 410 g/mol. The van der Waals surface area contributed by atoms with E-state index >= 15 is 0 Å². The molecule has 0 bridgehead atoms. The number of carbonyl (C=O) groups is 1. The molecule has 2 atom stereocenters. The first-order chi connectivity index (χ1) is 11.5. The van der Waals surface area contributed by atoms with Crippen LogP contribution < -0.4 is 10.6 Å². The molecule has 0 aromatic carbocycles. The van der Waals surface area contributed by atoms with Gasteiger partial charge in [-0.1, -0.05) is 0 Å². The number of H-pyrrole nitrogens is 1. The Kier molecular flexibility index (Phi) is 7.18. The van der Waals surface area contributed by atoms with Crippen LogP contribution in [0.25, 0.3) is 0 Å². The number of aliphatic hydroxyl groups is 1. The predicted octanol–water partition coefficient (Wildman–Crippen LogP) is -0.516. The normalized spacial score (nSPS) is 24.7. The van der Waals surface area contributed by atoms with Gasteiger partial charge in [-0.25, -0.2) is 8.42 Å². The third-order valence-corrected chi connectivity index (χ3v) is 7.16. The maximum atomic E-state index is 12.6. The molecule has 1 amide bonds. The summed E-state index contributed by atoms with van der Waals surface area (Å²) in [6, 6.07) is 1.37. The molecule has 11 heteroatoms. The average Bonchev–Trinajstić information content (AvgIpc) is 3.23. The number of nitrogens with one attached hydrogen (secondary N) is 3. The zero-order valence-corrected chi connectivity index (χ0v) is 16.1. The number of aromatic nitrogens is 1. The largest absolute Gasteiger partial charge is 0.391 e. The number of aromatic amines is 1. The fourth-order valence-electron chi connectivity index (χ4n) is 2.84. The Labute approximate surface area is 157 Å². The molecule has 0 aliphatic carbocycles. The third kappa shape index (κ3) is 4.69. The van der Waals surface area contributed by atoms with Crippen molar-refractivity contribution in [3.8, 4) is 0 Å². The van der Waals surface area contributed by atoms with E-state index in [4.69, 9.17) is 0 Å². The van der Waals surface area contributed by atoms with Gasteiger partial charge in [0.1, 0.15) is 10.6 Å². The minimum atomic E-state index is -3.56. The minimum absolute atomic E-state index is 0. The Morgan fingerprint density at radius 3 is 2.72 bits per heavy atom. The maximum Gasteiger partial charge on any atom is 0.267 e. The van der Waals surface area contributed by atoms with Gasteiger partial charge in [-0.15, -0.1) is 12.4 Å². The second-order valence-electron chi connectivity index (χ2n) is 5.96. The van der Waals surface area contributed by atoms with E-state index in [1.165, 1.54) is 16.6 Å². The number of β-amino-alcohol motifs (C(OH)–C–C–N with tert-alkyl or cyclic N) is 1. The van der Waals surface area contributed by atoms with Gasteiger partial charge in [-0.3, -0.25) is 4.79 Å². The van der Waals surface area contributed by atoms with Crippen molar-refractivity contribution in [3.63, 3.8) is 0 Å². The van der Waals surface area contributed by atoms with Gasteiger partial charge in [0.05, 0.1) is 6.10 Å². The summed E-state index contributed by atoms with van der Waals surface area (Å²) in [6.45, 7) is 2.51. The Balaban J connectivity index is 0.00000225. The number of amides is 1. The number of nitrogens with zero attached hydrogens (tertiary/aromatic N) is 1. The lowest BCUT2D eigenvalue weighted by molar-refractivity contribution is 0.0922. The van der Waals surface area contributed by atoms with Gasteiger partial charge < -0.3 is 20.7 Å². The van der Waals surface area contributed by atoms with E-state index in [0.29, 0.717) is 32.7 Å². The van der Waals surface area contributed by atoms with Crippen LogP contribution in [0.3, 0.4) is 0 Å². The van der Waals surface area contributed by atoms with Crippen LogP contribution in [0.1, 0.15) is 10.5 Å². The van der Waals surface area contributed by atoms with Gasteiger partial charge in [0.15, 0.2) is 0 Å². The molecule has 2 unspecified atom stereocenters. The SMILES string of the molecule is Cl.O=C(NCC1CNCC1O)c1cc(S(=O)(=O)N2CCSCC2)c[nH]1. The van der Waals surface area contributed by atoms with Crippen LogP contribution in [0.15, 0.2) is 17.2 Å². The molecule has 8 nitrogen and oxygen atoms in total. The van der Waals surface area contributed by atoms with Gasteiger partial charge in [-0.2, -0.15) is 16.1 Å².